The maximum absolute atomic E-state index is 11.4. The van der Waals surface area contributed by atoms with Crippen LogP contribution in [0.25, 0.3) is 0 Å². The summed E-state index contributed by atoms with van der Waals surface area (Å²) in [5.74, 6) is 0.498. The second-order valence-corrected chi connectivity index (χ2v) is 3.54. The van der Waals surface area contributed by atoms with Crippen molar-refractivity contribution in [2.45, 2.75) is 33.1 Å². The van der Waals surface area contributed by atoms with Gasteiger partial charge in [-0.2, -0.15) is 0 Å². The molecule has 1 amide bonds. The van der Waals surface area contributed by atoms with Gasteiger partial charge in [-0.15, -0.1) is 0 Å². The second-order valence-electron chi connectivity index (χ2n) is 3.54. The fourth-order valence-electron chi connectivity index (χ4n) is 1.48. The lowest BCUT2D eigenvalue weighted by molar-refractivity contribution is -0.135. The molecule has 0 unspecified atom stereocenters. The lowest BCUT2D eigenvalue weighted by Gasteiger charge is -2.28. The molecule has 0 radical (unpaired) electrons. The average Bonchev–Trinajstić information content (AvgIpc) is 2.05. The van der Waals surface area contributed by atoms with Crippen LogP contribution in [-0.4, -0.2) is 23.9 Å². The van der Waals surface area contributed by atoms with E-state index in [0.29, 0.717) is 5.91 Å². The average molecular weight is 154 g/mol. The highest BCUT2D eigenvalue weighted by Gasteiger charge is 2.18. The van der Waals surface area contributed by atoms with Crippen LogP contribution in [0.5, 0.6) is 0 Å². The summed E-state index contributed by atoms with van der Waals surface area (Å²) in [4.78, 5) is 13.4. The number of amides is 1. The smallest absolute Gasteiger partial charge is 0.225 e. The number of likely N-dealkylation sites (tertiary alicyclic amines) is 1. The van der Waals surface area contributed by atoms with E-state index in [0.717, 1.165) is 13.1 Å². The standard InChI is InChI=1S/C9H17NO/c1-8(2)9(11)10-6-4-3-5-7-10/h8H,3-7H2,1-2H3/i9-1. The van der Waals surface area contributed by atoms with Crippen molar-refractivity contribution in [3.8, 4) is 0 Å². The topological polar surface area (TPSA) is 20.3 Å². The van der Waals surface area contributed by atoms with Gasteiger partial charge in [0.2, 0.25) is 5.91 Å². The van der Waals surface area contributed by atoms with Crippen LogP contribution in [-0.2, 0) is 4.79 Å². The molecule has 0 aliphatic carbocycles. The molecular weight excluding hydrogens is 137 g/mol. The Morgan fingerprint density at radius 1 is 1.18 bits per heavy atom. The first-order valence-corrected chi connectivity index (χ1v) is 4.50. The van der Waals surface area contributed by atoms with Crippen LogP contribution in [0.2, 0.25) is 0 Å². The van der Waals surface area contributed by atoms with E-state index in [1.807, 2.05) is 18.7 Å². The highest BCUT2D eigenvalue weighted by atomic mass is 16.1. The number of piperidine rings is 1. The van der Waals surface area contributed by atoms with Crippen molar-refractivity contribution in [2.75, 3.05) is 13.1 Å². The van der Waals surface area contributed by atoms with E-state index in [-0.39, 0.29) is 5.92 Å². The minimum atomic E-state index is 0.174. The Labute approximate surface area is 68.6 Å². The molecule has 0 aromatic carbocycles. The van der Waals surface area contributed by atoms with Crippen molar-refractivity contribution in [2.24, 2.45) is 5.92 Å². The van der Waals surface area contributed by atoms with E-state index in [2.05, 4.69) is 0 Å². The first-order chi connectivity index (χ1) is 5.22. The monoisotopic (exact) mass is 154 g/mol. The largest absolute Gasteiger partial charge is 0.342 e. The van der Waals surface area contributed by atoms with E-state index in [1.165, 1.54) is 19.3 Å². The third kappa shape index (κ3) is 2.21. The van der Waals surface area contributed by atoms with Gasteiger partial charge in [0, 0.05) is 19.0 Å². The van der Waals surface area contributed by atoms with Gasteiger partial charge in [0.15, 0.2) is 0 Å². The van der Waals surface area contributed by atoms with Crippen molar-refractivity contribution >= 4 is 5.91 Å². The molecule has 0 saturated carbocycles. The van der Waals surface area contributed by atoms with E-state index in [9.17, 15) is 4.79 Å². The van der Waals surface area contributed by atoms with E-state index in [4.69, 9.17) is 0 Å². The molecule has 11 heavy (non-hydrogen) atoms. The number of hydrogen-bond donors (Lipinski definition) is 0. The van der Waals surface area contributed by atoms with Crippen LogP contribution in [0.4, 0.5) is 0 Å². The van der Waals surface area contributed by atoms with Gasteiger partial charge < -0.3 is 4.90 Å². The molecule has 1 heterocycles. The van der Waals surface area contributed by atoms with Crippen molar-refractivity contribution < 1.29 is 4.79 Å². The van der Waals surface area contributed by atoms with Crippen LogP contribution in [0, 0.1) is 5.92 Å². The molecule has 1 aliphatic rings. The molecule has 0 aromatic heterocycles. The Bertz CT molecular complexity index is 136. The van der Waals surface area contributed by atoms with Crippen LogP contribution >= 0.6 is 0 Å². The molecule has 1 saturated heterocycles. The molecule has 0 N–H and O–H groups in total. The van der Waals surface area contributed by atoms with E-state index in [1.54, 1.807) is 0 Å². The lowest BCUT2D eigenvalue weighted by Crippen LogP contribution is -2.38. The Kier molecular flexibility index (Phi) is 2.92. The number of hydrogen-bond acceptors (Lipinski definition) is 1. The van der Waals surface area contributed by atoms with Crippen molar-refractivity contribution in [1.82, 2.24) is 4.90 Å². The summed E-state index contributed by atoms with van der Waals surface area (Å²) in [5, 5.41) is 0. The number of nitrogens with zero attached hydrogens (tertiary/aromatic N) is 1. The fourth-order valence-corrected chi connectivity index (χ4v) is 1.48. The molecule has 0 atom stereocenters. The number of carbonyl (C=O) groups is 1. The first kappa shape index (κ1) is 8.57. The molecule has 0 aromatic rings. The van der Waals surface area contributed by atoms with Crippen molar-refractivity contribution in [3.05, 3.63) is 0 Å². The summed E-state index contributed by atoms with van der Waals surface area (Å²) < 4.78 is 0. The summed E-state index contributed by atoms with van der Waals surface area (Å²) in [5.41, 5.74) is 0. The maximum atomic E-state index is 11.4. The second kappa shape index (κ2) is 3.74. The van der Waals surface area contributed by atoms with Gasteiger partial charge in [-0.05, 0) is 19.3 Å². The molecular formula is C9H17NO. The third-order valence-corrected chi connectivity index (χ3v) is 2.16. The summed E-state index contributed by atoms with van der Waals surface area (Å²) in [7, 11) is 0. The predicted molar refractivity (Wildman–Crippen MR) is 45.3 cm³/mol. The Morgan fingerprint density at radius 3 is 2.18 bits per heavy atom. The first-order valence-electron chi connectivity index (χ1n) is 4.50. The SMILES string of the molecule is CC(C)[11C](=O)N1CCCCC1. The number of rotatable bonds is 1. The molecule has 2 nitrogen and oxygen atoms in total. The Hall–Kier alpha value is -0.530. The highest BCUT2D eigenvalue weighted by molar-refractivity contribution is 5.78. The zero-order chi connectivity index (χ0) is 8.27. The van der Waals surface area contributed by atoms with E-state index >= 15 is 0 Å². The maximum Gasteiger partial charge on any atom is 0.225 e. The van der Waals surface area contributed by atoms with Gasteiger partial charge in [0.1, 0.15) is 0 Å². The van der Waals surface area contributed by atoms with Gasteiger partial charge in [-0.3, -0.25) is 4.79 Å². The molecule has 0 bridgehead atoms. The van der Waals surface area contributed by atoms with Crippen molar-refractivity contribution in [1.29, 1.82) is 0 Å². The van der Waals surface area contributed by atoms with Gasteiger partial charge in [-0.25, -0.2) is 0 Å². The summed E-state index contributed by atoms with van der Waals surface area (Å²) >= 11 is 0. The van der Waals surface area contributed by atoms with Crippen LogP contribution in [0.1, 0.15) is 33.1 Å². The lowest BCUT2D eigenvalue weighted by atomic mass is 9.81. The van der Waals surface area contributed by atoms with Crippen LogP contribution < -0.4 is 0 Å². The molecule has 1 aliphatic heterocycles. The third-order valence-electron chi connectivity index (χ3n) is 2.16. The minimum Gasteiger partial charge on any atom is -0.342 e. The van der Waals surface area contributed by atoms with Gasteiger partial charge in [0.25, 0.3) is 0 Å². The van der Waals surface area contributed by atoms with Gasteiger partial charge in [0.05, 0.1) is 0 Å². The van der Waals surface area contributed by atoms with Crippen molar-refractivity contribution in [3.63, 3.8) is 0 Å². The summed E-state index contributed by atoms with van der Waals surface area (Å²) in [6, 6.07) is 0. The predicted octanol–water partition coefficient (Wildman–Crippen LogP) is 1.65. The van der Waals surface area contributed by atoms with Crippen LogP contribution in [0.15, 0.2) is 0 Å². The molecule has 1 rings (SSSR count). The highest BCUT2D eigenvalue weighted by Crippen LogP contribution is 2.11. The summed E-state index contributed by atoms with van der Waals surface area (Å²) in [6.45, 7) is 5.90. The van der Waals surface area contributed by atoms with Gasteiger partial charge in [-0.1, -0.05) is 13.8 Å². The molecule has 2 heteroatoms. The Balaban J connectivity index is 2.39. The molecule has 1 fully saturated rings. The molecule has 0 spiro atoms. The zero-order valence-electron chi connectivity index (χ0n) is 7.47. The minimum absolute atomic E-state index is 0.174. The summed E-state index contributed by atoms with van der Waals surface area (Å²) in [6.07, 6.45) is 3.68. The quantitative estimate of drug-likeness (QED) is 0.562. The van der Waals surface area contributed by atoms with Gasteiger partial charge >= 0.3 is 0 Å². The molecule has 64 valence electrons. The number of carbonyl (C=O) groups excluding carboxylic acids is 1. The Morgan fingerprint density at radius 2 is 1.73 bits per heavy atom. The fraction of sp³-hybridized carbons (Fsp3) is 0.889. The normalized spacial score (nSPS) is 19.0. The van der Waals surface area contributed by atoms with E-state index < -0.39 is 0 Å². The van der Waals surface area contributed by atoms with Crippen LogP contribution in [0.3, 0.4) is 0 Å². The zero-order valence-corrected chi connectivity index (χ0v) is 7.47.